The minimum Gasteiger partial charge on any atom is -0.489 e. The lowest BCUT2D eigenvalue weighted by atomic mass is 10.0. The molecule has 0 spiro atoms. The van der Waals surface area contributed by atoms with Crippen LogP contribution in [0.15, 0.2) is 83.8 Å². The van der Waals surface area contributed by atoms with E-state index in [9.17, 15) is 23.3 Å². The highest BCUT2D eigenvalue weighted by atomic mass is 32.2. The topological polar surface area (TPSA) is 125 Å². The Morgan fingerprint density at radius 3 is 2.24 bits per heavy atom. The lowest BCUT2D eigenvalue weighted by Crippen LogP contribution is -2.38. The second-order valence-corrected chi connectivity index (χ2v) is 9.19. The summed E-state index contributed by atoms with van der Waals surface area (Å²) in [6.07, 6.45) is -0.974. The highest BCUT2D eigenvalue weighted by Crippen LogP contribution is 2.28. The molecule has 0 aliphatic heterocycles. The number of nitrogens with zero attached hydrogens (tertiary/aromatic N) is 1. The van der Waals surface area contributed by atoms with Gasteiger partial charge in [-0.05, 0) is 36.2 Å². The van der Waals surface area contributed by atoms with Gasteiger partial charge in [-0.2, -0.15) is 0 Å². The monoisotopic (exact) mass is 484 g/mol. The molecule has 0 aliphatic carbocycles. The van der Waals surface area contributed by atoms with Gasteiger partial charge in [-0.25, -0.2) is 13.1 Å². The lowest BCUT2D eigenvalue weighted by molar-refractivity contribution is -0.387. The summed E-state index contributed by atoms with van der Waals surface area (Å²) in [6, 6.07) is 20.5. The Morgan fingerprint density at radius 1 is 1.00 bits per heavy atom. The summed E-state index contributed by atoms with van der Waals surface area (Å²) in [5.41, 5.74) is 0.980. The molecule has 10 heteroatoms. The van der Waals surface area contributed by atoms with E-state index in [1.807, 2.05) is 30.3 Å². The molecule has 178 valence electrons. The Balaban J connectivity index is 1.78. The Kier molecular flexibility index (Phi) is 7.98. The number of ether oxygens (including phenoxy) is 2. The van der Waals surface area contributed by atoms with E-state index in [1.165, 1.54) is 26.0 Å². The molecule has 9 nitrogen and oxygen atoms in total. The van der Waals surface area contributed by atoms with Crippen LogP contribution in [0.1, 0.15) is 31.1 Å². The molecular weight excluding hydrogens is 460 g/mol. The van der Waals surface area contributed by atoms with E-state index in [0.717, 1.165) is 17.7 Å². The van der Waals surface area contributed by atoms with Gasteiger partial charge in [-0.15, -0.1) is 0 Å². The number of hydrogen-bond donors (Lipinski definition) is 1. The van der Waals surface area contributed by atoms with Crippen LogP contribution in [0.3, 0.4) is 0 Å². The second kappa shape index (κ2) is 10.9. The summed E-state index contributed by atoms with van der Waals surface area (Å²) in [6.45, 7) is 3.10. The van der Waals surface area contributed by atoms with Gasteiger partial charge < -0.3 is 9.47 Å². The SMILES string of the molecule is CC(=O)O[C@H](c1ccc(OCc2ccccc2)cc1)[C@H](C)NS(=O)(=O)c1ccccc1[N+](=O)[O-]. The first-order valence-corrected chi connectivity index (χ1v) is 11.9. The van der Waals surface area contributed by atoms with Crippen LogP contribution in [0.25, 0.3) is 0 Å². The van der Waals surface area contributed by atoms with E-state index >= 15 is 0 Å². The van der Waals surface area contributed by atoms with Gasteiger partial charge >= 0.3 is 5.97 Å². The Labute approximate surface area is 197 Å². The van der Waals surface area contributed by atoms with Gasteiger partial charge in [0.25, 0.3) is 5.69 Å². The highest BCUT2D eigenvalue weighted by Gasteiger charge is 2.31. The van der Waals surface area contributed by atoms with Crippen molar-refractivity contribution in [1.29, 1.82) is 0 Å². The molecule has 0 aliphatic rings. The third-order valence-electron chi connectivity index (χ3n) is 4.90. The predicted octanol–water partition coefficient (Wildman–Crippen LogP) is 4.15. The average molecular weight is 485 g/mol. The number of nitro benzene ring substituents is 1. The fourth-order valence-electron chi connectivity index (χ4n) is 3.34. The van der Waals surface area contributed by atoms with Gasteiger partial charge in [0.15, 0.2) is 4.90 Å². The average Bonchev–Trinajstić information content (AvgIpc) is 2.82. The summed E-state index contributed by atoms with van der Waals surface area (Å²) in [7, 11) is -4.28. The van der Waals surface area contributed by atoms with Gasteiger partial charge in [0.2, 0.25) is 10.0 Å². The van der Waals surface area contributed by atoms with Crippen molar-refractivity contribution in [1.82, 2.24) is 4.72 Å². The quantitative estimate of drug-likeness (QED) is 0.260. The van der Waals surface area contributed by atoms with Crippen LogP contribution in [0.4, 0.5) is 5.69 Å². The molecule has 0 saturated heterocycles. The van der Waals surface area contributed by atoms with E-state index in [4.69, 9.17) is 9.47 Å². The number of nitrogens with one attached hydrogen (secondary N) is 1. The van der Waals surface area contributed by atoms with Crippen molar-refractivity contribution in [2.24, 2.45) is 0 Å². The first kappa shape index (κ1) is 24.9. The Bertz CT molecular complexity index is 1250. The van der Waals surface area contributed by atoms with Gasteiger partial charge in [-0.3, -0.25) is 14.9 Å². The molecular formula is C24H24N2O7S. The minimum atomic E-state index is -4.28. The molecule has 0 radical (unpaired) electrons. The van der Waals surface area contributed by atoms with Crippen LogP contribution in [0.2, 0.25) is 0 Å². The molecule has 2 atom stereocenters. The third-order valence-corrected chi connectivity index (χ3v) is 6.50. The van der Waals surface area contributed by atoms with E-state index in [-0.39, 0.29) is 0 Å². The Hall–Kier alpha value is -3.76. The zero-order valence-electron chi connectivity index (χ0n) is 18.6. The Morgan fingerprint density at radius 2 is 1.62 bits per heavy atom. The fourth-order valence-corrected chi connectivity index (χ4v) is 4.75. The van der Waals surface area contributed by atoms with E-state index in [0.29, 0.717) is 17.9 Å². The number of sulfonamides is 1. The standard InChI is InChI=1S/C24H24N2O7S/c1-17(25-34(30,31)23-11-7-6-10-22(23)26(28)29)24(33-18(2)27)20-12-14-21(15-13-20)32-16-19-8-4-3-5-9-19/h3-15,17,24-25H,16H2,1-2H3/t17-,24-/m0/s1. The van der Waals surface area contributed by atoms with Crippen molar-refractivity contribution in [2.45, 2.75) is 37.5 Å². The molecule has 0 bridgehead atoms. The molecule has 3 rings (SSSR count). The van der Waals surface area contributed by atoms with Crippen LogP contribution >= 0.6 is 0 Å². The number of para-hydroxylation sites is 1. The van der Waals surface area contributed by atoms with Crippen LogP contribution in [0.5, 0.6) is 5.75 Å². The van der Waals surface area contributed by atoms with Crippen molar-refractivity contribution in [3.8, 4) is 5.75 Å². The van der Waals surface area contributed by atoms with E-state index in [1.54, 1.807) is 24.3 Å². The van der Waals surface area contributed by atoms with Crippen molar-refractivity contribution in [2.75, 3.05) is 0 Å². The van der Waals surface area contributed by atoms with Gasteiger partial charge in [0.1, 0.15) is 18.5 Å². The summed E-state index contributed by atoms with van der Waals surface area (Å²) in [4.78, 5) is 21.7. The highest BCUT2D eigenvalue weighted by molar-refractivity contribution is 7.89. The van der Waals surface area contributed by atoms with Crippen LogP contribution < -0.4 is 9.46 Å². The molecule has 1 N–H and O–H groups in total. The van der Waals surface area contributed by atoms with E-state index in [2.05, 4.69) is 4.72 Å². The maximum Gasteiger partial charge on any atom is 0.303 e. The molecule has 0 fully saturated rings. The fraction of sp³-hybridized carbons (Fsp3) is 0.208. The zero-order chi connectivity index (χ0) is 24.7. The van der Waals surface area contributed by atoms with Crippen molar-refractivity contribution in [3.63, 3.8) is 0 Å². The number of carbonyl (C=O) groups is 1. The molecule has 34 heavy (non-hydrogen) atoms. The van der Waals surface area contributed by atoms with Gasteiger partial charge in [0, 0.05) is 13.0 Å². The predicted molar refractivity (Wildman–Crippen MR) is 125 cm³/mol. The number of carbonyl (C=O) groups excluding carboxylic acids is 1. The largest absolute Gasteiger partial charge is 0.489 e. The van der Waals surface area contributed by atoms with Gasteiger partial charge in [-0.1, -0.05) is 54.6 Å². The first-order chi connectivity index (χ1) is 16.2. The molecule has 3 aromatic carbocycles. The number of benzene rings is 3. The van der Waals surface area contributed by atoms with Crippen LogP contribution in [0, 0.1) is 10.1 Å². The smallest absolute Gasteiger partial charge is 0.303 e. The molecule has 0 amide bonds. The minimum absolute atomic E-state index is 0.375. The second-order valence-electron chi connectivity index (χ2n) is 7.51. The first-order valence-electron chi connectivity index (χ1n) is 10.4. The molecule has 0 saturated carbocycles. The molecule has 0 unspecified atom stereocenters. The molecule has 0 aromatic heterocycles. The van der Waals surface area contributed by atoms with Crippen molar-refractivity contribution < 1.29 is 27.6 Å². The third kappa shape index (κ3) is 6.40. The summed E-state index contributed by atoms with van der Waals surface area (Å²) in [5.74, 6) is -0.0199. The van der Waals surface area contributed by atoms with Gasteiger partial charge in [0.05, 0.1) is 11.0 Å². The van der Waals surface area contributed by atoms with E-state index < -0.39 is 43.6 Å². The summed E-state index contributed by atoms with van der Waals surface area (Å²) < 4.78 is 39.3. The number of hydrogen-bond acceptors (Lipinski definition) is 7. The summed E-state index contributed by atoms with van der Waals surface area (Å²) in [5, 5.41) is 11.3. The maximum atomic E-state index is 12.9. The van der Waals surface area contributed by atoms with Crippen LogP contribution in [-0.4, -0.2) is 25.4 Å². The molecule has 3 aromatic rings. The lowest BCUT2D eigenvalue weighted by Gasteiger charge is -2.25. The number of esters is 1. The number of rotatable bonds is 10. The summed E-state index contributed by atoms with van der Waals surface area (Å²) >= 11 is 0. The van der Waals surface area contributed by atoms with Crippen molar-refractivity contribution in [3.05, 3.63) is 100 Å². The normalized spacial score (nSPS) is 13.0. The van der Waals surface area contributed by atoms with Crippen molar-refractivity contribution >= 4 is 21.7 Å². The zero-order valence-corrected chi connectivity index (χ0v) is 19.4. The number of nitro groups is 1. The maximum absolute atomic E-state index is 12.9. The van der Waals surface area contributed by atoms with Crippen LogP contribution in [-0.2, 0) is 26.2 Å². The molecule has 0 heterocycles.